The molecule has 2 aromatic carbocycles. The van der Waals surface area contributed by atoms with Crippen LogP contribution in [0.1, 0.15) is 24.9 Å². The number of halogens is 1. The van der Waals surface area contributed by atoms with Gasteiger partial charge in [-0.15, -0.1) is 0 Å². The molecule has 0 bridgehead atoms. The van der Waals surface area contributed by atoms with Crippen LogP contribution in [0.25, 0.3) is 0 Å². The summed E-state index contributed by atoms with van der Waals surface area (Å²) >= 11 is 3.34. The van der Waals surface area contributed by atoms with Crippen LogP contribution in [0.3, 0.4) is 0 Å². The third-order valence-electron chi connectivity index (χ3n) is 4.10. The van der Waals surface area contributed by atoms with E-state index in [-0.39, 0.29) is 6.42 Å². The van der Waals surface area contributed by atoms with E-state index in [9.17, 15) is 14.4 Å². The third kappa shape index (κ3) is 6.48. The number of nitrogens with one attached hydrogen (secondary N) is 2. The molecule has 1 atom stereocenters. The lowest BCUT2D eigenvalue weighted by molar-refractivity contribution is -0.142. The molecule has 0 aliphatic carbocycles. The molecule has 0 unspecified atom stereocenters. The first kappa shape index (κ1) is 23.2. The Hall–Kier alpha value is -3.07. The zero-order valence-corrected chi connectivity index (χ0v) is 18.4. The minimum atomic E-state index is -0.888. The molecule has 0 radical (unpaired) electrons. The molecule has 0 aliphatic rings. The number of carbonyl (C=O) groups excluding carboxylic acids is 3. The fourth-order valence-electron chi connectivity index (χ4n) is 2.63. The van der Waals surface area contributed by atoms with Crippen LogP contribution in [0.15, 0.2) is 46.9 Å². The Bertz CT molecular complexity index is 901. The van der Waals surface area contributed by atoms with Crippen LogP contribution in [-0.2, 0) is 19.1 Å². The number of amides is 2. The Morgan fingerprint density at radius 3 is 2.30 bits per heavy atom. The van der Waals surface area contributed by atoms with Crippen molar-refractivity contribution in [3.63, 3.8) is 0 Å². The smallest absolute Gasteiger partial charge is 0.313 e. The highest BCUT2D eigenvalue weighted by Gasteiger charge is 2.23. The summed E-state index contributed by atoms with van der Waals surface area (Å²) in [5.74, 6) is -1.33. The Morgan fingerprint density at radius 2 is 1.70 bits per heavy atom. The molecule has 2 N–H and O–H groups in total. The van der Waals surface area contributed by atoms with Gasteiger partial charge in [0.2, 0.25) is 0 Å². The summed E-state index contributed by atoms with van der Waals surface area (Å²) in [6, 6.07) is 11.1. The second kappa shape index (κ2) is 11.2. The quantitative estimate of drug-likeness (QED) is 0.445. The first-order chi connectivity index (χ1) is 14.4. The second-order valence-electron chi connectivity index (χ2n) is 6.11. The molecular weight excluding hydrogens is 456 g/mol. The maximum absolute atomic E-state index is 12.5. The number of esters is 1. The molecule has 0 spiro atoms. The molecule has 2 rings (SSSR count). The molecule has 2 amide bonds. The Labute approximate surface area is 183 Å². The molecule has 0 saturated carbocycles. The standard InChI is InChI=1S/C21H23BrN2O6/c1-4-30-18-11-15(9-10-17(18)28-2)23-20(26)21(27)24-16(12-19(25)29-3)13-5-7-14(22)8-6-13/h5-11,16H,4,12H2,1-3H3,(H,23,26)(H,24,27)/t16-/m0/s1. The lowest BCUT2D eigenvalue weighted by Crippen LogP contribution is -2.38. The van der Waals surface area contributed by atoms with Gasteiger partial charge in [0.1, 0.15) is 0 Å². The van der Waals surface area contributed by atoms with Gasteiger partial charge in [-0.05, 0) is 36.8 Å². The first-order valence-electron chi connectivity index (χ1n) is 9.12. The van der Waals surface area contributed by atoms with Crippen molar-refractivity contribution >= 4 is 39.4 Å². The predicted octanol–water partition coefficient (Wildman–Crippen LogP) is 3.22. The maximum atomic E-state index is 12.5. The van der Waals surface area contributed by atoms with E-state index in [1.54, 1.807) is 42.5 Å². The number of benzene rings is 2. The van der Waals surface area contributed by atoms with E-state index in [0.717, 1.165) is 4.47 Å². The van der Waals surface area contributed by atoms with Crippen LogP contribution >= 0.6 is 15.9 Å². The van der Waals surface area contributed by atoms with Gasteiger partial charge in [-0.25, -0.2) is 0 Å². The molecule has 8 nitrogen and oxygen atoms in total. The van der Waals surface area contributed by atoms with Gasteiger partial charge < -0.3 is 24.8 Å². The summed E-state index contributed by atoms with van der Waals surface area (Å²) in [6.07, 6.45) is -0.117. The van der Waals surface area contributed by atoms with Gasteiger partial charge >= 0.3 is 17.8 Å². The van der Waals surface area contributed by atoms with E-state index < -0.39 is 23.8 Å². The zero-order chi connectivity index (χ0) is 22.1. The van der Waals surface area contributed by atoms with Gasteiger partial charge in [-0.3, -0.25) is 14.4 Å². The fraction of sp³-hybridized carbons (Fsp3) is 0.286. The number of anilines is 1. The van der Waals surface area contributed by atoms with Crippen molar-refractivity contribution in [1.29, 1.82) is 0 Å². The number of methoxy groups -OCH3 is 2. The van der Waals surface area contributed by atoms with E-state index in [1.165, 1.54) is 14.2 Å². The Balaban J connectivity index is 2.12. The lowest BCUT2D eigenvalue weighted by atomic mass is 10.0. The second-order valence-corrected chi connectivity index (χ2v) is 7.03. The summed E-state index contributed by atoms with van der Waals surface area (Å²) in [7, 11) is 2.77. The average Bonchev–Trinajstić information content (AvgIpc) is 2.74. The topological polar surface area (TPSA) is 103 Å². The van der Waals surface area contributed by atoms with Crippen molar-refractivity contribution in [2.75, 3.05) is 26.1 Å². The highest BCUT2D eigenvalue weighted by atomic mass is 79.9. The highest BCUT2D eigenvalue weighted by Crippen LogP contribution is 2.30. The molecule has 9 heteroatoms. The van der Waals surface area contributed by atoms with E-state index in [2.05, 4.69) is 26.6 Å². The maximum Gasteiger partial charge on any atom is 0.313 e. The van der Waals surface area contributed by atoms with Crippen molar-refractivity contribution in [1.82, 2.24) is 5.32 Å². The molecule has 160 valence electrons. The average molecular weight is 479 g/mol. The summed E-state index contributed by atoms with van der Waals surface area (Å²) in [5.41, 5.74) is 1.03. The largest absolute Gasteiger partial charge is 0.493 e. The summed E-state index contributed by atoms with van der Waals surface area (Å²) in [5, 5.41) is 5.09. The Morgan fingerprint density at radius 1 is 1.00 bits per heavy atom. The number of ether oxygens (including phenoxy) is 3. The van der Waals surface area contributed by atoms with Gasteiger partial charge in [0, 0.05) is 16.2 Å². The zero-order valence-electron chi connectivity index (χ0n) is 16.9. The van der Waals surface area contributed by atoms with Crippen LogP contribution in [-0.4, -0.2) is 38.6 Å². The van der Waals surface area contributed by atoms with Crippen molar-refractivity contribution in [2.45, 2.75) is 19.4 Å². The van der Waals surface area contributed by atoms with Crippen molar-refractivity contribution < 1.29 is 28.6 Å². The lowest BCUT2D eigenvalue weighted by Gasteiger charge is -2.18. The van der Waals surface area contributed by atoms with Crippen LogP contribution in [0, 0.1) is 0 Å². The summed E-state index contributed by atoms with van der Waals surface area (Å²) in [6.45, 7) is 2.23. The SMILES string of the molecule is CCOc1cc(NC(=O)C(=O)N[C@@H](CC(=O)OC)c2ccc(Br)cc2)ccc1OC. The van der Waals surface area contributed by atoms with Crippen LogP contribution < -0.4 is 20.1 Å². The normalized spacial score (nSPS) is 11.2. The molecule has 2 aromatic rings. The molecule has 0 aromatic heterocycles. The van der Waals surface area contributed by atoms with Crippen LogP contribution in [0.2, 0.25) is 0 Å². The number of hydrogen-bond acceptors (Lipinski definition) is 6. The van der Waals surface area contributed by atoms with E-state index >= 15 is 0 Å². The van der Waals surface area contributed by atoms with Crippen LogP contribution in [0.4, 0.5) is 5.69 Å². The van der Waals surface area contributed by atoms with E-state index in [4.69, 9.17) is 14.2 Å². The Kier molecular flexibility index (Phi) is 8.67. The van der Waals surface area contributed by atoms with Crippen molar-refractivity contribution in [2.24, 2.45) is 0 Å². The van der Waals surface area contributed by atoms with Crippen molar-refractivity contribution in [3.05, 3.63) is 52.5 Å². The third-order valence-corrected chi connectivity index (χ3v) is 4.63. The predicted molar refractivity (Wildman–Crippen MR) is 114 cm³/mol. The van der Waals surface area contributed by atoms with E-state index in [1.807, 2.05) is 6.92 Å². The fourth-order valence-corrected chi connectivity index (χ4v) is 2.90. The minimum Gasteiger partial charge on any atom is -0.493 e. The van der Waals surface area contributed by atoms with Gasteiger partial charge in [0.15, 0.2) is 11.5 Å². The van der Waals surface area contributed by atoms with Gasteiger partial charge in [-0.1, -0.05) is 28.1 Å². The number of carbonyl (C=O) groups is 3. The van der Waals surface area contributed by atoms with E-state index in [0.29, 0.717) is 29.4 Å². The summed E-state index contributed by atoms with van der Waals surface area (Å²) < 4.78 is 16.2. The van der Waals surface area contributed by atoms with Gasteiger partial charge in [-0.2, -0.15) is 0 Å². The van der Waals surface area contributed by atoms with Crippen molar-refractivity contribution in [3.8, 4) is 11.5 Å². The van der Waals surface area contributed by atoms with Crippen LogP contribution in [0.5, 0.6) is 11.5 Å². The van der Waals surface area contributed by atoms with Gasteiger partial charge in [0.05, 0.1) is 33.3 Å². The monoisotopic (exact) mass is 478 g/mol. The molecule has 0 saturated heterocycles. The van der Waals surface area contributed by atoms with Gasteiger partial charge in [0.25, 0.3) is 0 Å². The number of hydrogen-bond donors (Lipinski definition) is 2. The molecule has 30 heavy (non-hydrogen) atoms. The number of rotatable bonds is 8. The highest BCUT2D eigenvalue weighted by molar-refractivity contribution is 9.10. The molecule has 0 aliphatic heterocycles. The first-order valence-corrected chi connectivity index (χ1v) is 9.92. The molecule has 0 heterocycles. The summed E-state index contributed by atoms with van der Waals surface area (Å²) in [4.78, 5) is 36.6. The minimum absolute atomic E-state index is 0.117. The molecule has 0 fully saturated rings. The molecular formula is C21H23BrN2O6.